The van der Waals surface area contributed by atoms with Crippen LogP contribution in [0.4, 0.5) is 11.5 Å². The molecule has 3 rings (SSSR count). The fourth-order valence-electron chi connectivity index (χ4n) is 2.65. The molecular formula is C14H22N4. The van der Waals surface area contributed by atoms with Gasteiger partial charge in [-0.3, -0.25) is 4.90 Å². The van der Waals surface area contributed by atoms with Crippen LogP contribution >= 0.6 is 0 Å². The van der Waals surface area contributed by atoms with Gasteiger partial charge in [0.05, 0.1) is 11.9 Å². The molecule has 1 saturated heterocycles. The van der Waals surface area contributed by atoms with E-state index in [1.165, 1.54) is 32.4 Å². The largest absolute Gasteiger partial charge is 0.380 e. The molecule has 2 heterocycles. The first-order chi connectivity index (χ1) is 8.72. The number of nitrogens with zero attached hydrogens (tertiary/aromatic N) is 3. The first-order valence-corrected chi connectivity index (χ1v) is 6.86. The number of anilines is 2. The second-order valence-electron chi connectivity index (χ2n) is 5.66. The Hall–Kier alpha value is -1.29. The van der Waals surface area contributed by atoms with E-state index in [4.69, 9.17) is 0 Å². The molecule has 4 nitrogen and oxygen atoms in total. The Balaban J connectivity index is 1.56. The number of likely N-dealkylation sites (tertiary alicyclic amines) is 1. The fraction of sp³-hybridized carbons (Fsp3) is 0.643. The van der Waals surface area contributed by atoms with E-state index in [0.29, 0.717) is 6.04 Å². The lowest BCUT2D eigenvalue weighted by atomic mass is 10.2. The summed E-state index contributed by atoms with van der Waals surface area (Å²) in [6.45, 7) is 2.45. The fourth-order valence-corrected chi connectivity index (χ4v) is 2.65. The van der Waals surface area contributed by atoms with Gasteiger partial charge < -0.3 is 10.2 Å². The van der Waals surface area contributed by atoms with Gasteiger partial charge in [0.1, 0.15) is 5.82 Å². The lowest BCUT2D eigenvalue weighted by Gasteiger charge is -2.17. The summed E-state index contributed by atoms with van der Waals surface area (Å²) in [5.74, 6) is 1.01. The van der Waals surface area contributed by atoms with E-state index in [2.05, 4.69) is 27.3 Å². The first-order valence-electron chi connectivity index (χ1n) is 6.86. The molecule has 0 aromatic carbocycles. The molecule has 1 N–H and O–H groups in total. The molecule has 4 heteroatoms. The first kappa shape index (κ1) is 11.8. The quantitative estimate of drug-likeness (QED) is 0.878. The van der Waals surface area contributed by atoms with Crippen molar-refractivity contribution in [1.82, 2.24) is 9.88 Å². The summed E-state index contributed by atoms with van der Waals surface area (Å²) in [7, 11) is 4.03. The number of hydrogen-bond acceptors (Lipinski definition) is 4. The van der Waals surface area contributed by atoms with Gasteiger partial charge in [0, 0.05) is 39.3 Å². The summed E-state index contributed by atoms with van der Waals surface area (Å²) in [6, 6.07) is 5.68. The second-order valence-corrected chi connectivity index (χ2v) is 5.66. The van der Waals surface area contributed by atoms with Crippen LogP contribution in [-0.2, 0) is 0 Å². The Morgan fingerprint density at radius 3 is 2.72 bits per heavy atom. The van der Waals surface area contributed by atoms with Crippen LogP contribution in [-0.4, -0.2) is 49.2 Å². The van der Waals surface area contributed by atoms with Crippen molar-refractivity contribution in [2.45, 2.75) is 31.3 Å². The standard InChI is InChI=1S/C14H22N4/c1-17(2)14-6-3-11(9-15-14)16-12-7-8-18(10-12)13-4-5-13/h3,6,9,12-13,16H,4-5,7-8,10H2,1-2H3. The minimum Gasteiger partial charge on any atom is -0.380 e. The van der Waals surface area contributed by atoms with Crippen LogP contribution in [0, 0.1) is 0 Å². The van der Waals surface area contributed by atoms with E-state index < -0.39 is 0 Å². The number of rotatable bonds is 4. The van der Waals surface area contributed by atoms with Crippen molar-refractivity contribution in [3.63, 3.8) is 0 Å². The molecule has 0 amide bonds. The van der Waals surface area contributed by atoms with Crippen molar-refractivity contribution in [2.75, 3.05) is 37.4 Å². The Bertz CT molecular complexity index is 397. The summed E-state index contributed by atoms with van der Waals surface area (Å²) in [4.78, 5) is 9.08. The molecule has 1 aromatic rings. The van der Waals surface area contributed by atoms with E-state index in [1.54, 1.807) is 0 Å². The number of aromatic nitrogens is 1. The van der Waals surface area contributed by atoms with E-state index >= 15 is 0 Å². The number of pyridine rings is 1. The highest BCUT2D eigenvalue weighted by molar-refractivity contribution is 5.48. The highest BCUT2D eigenvalue weighted by atomic mass is 15.2. The van der Waals surface area contributed by atoms with Gasteiger partial charge in [-0.05, 0) is 31.4 Å². The van der Waals surface area contributed by atoms with Crippen LogP contribution in [0.5, 0.6) is 0 Å². The summed E-state index contributed by atoms with van der Waals surface area (Å²) in [5, 5.41) is 3.60. The predicted octanol–water partition coefficient (Wildman–Crippen LogP) is 1.80. The maximum absolute atomic E-state index is 4.44. The van der Waals surface area contributed by atoms with Crippen molar-refractivity contribution in [3.05, 3.63) is 18.3 Å². The maximum Gasteiger partial charge on any atom is 0.128 e. The molecule has 2 aliphatic rings. The molecule has 0 spiro atoms. The van der Waals surface area contributed by atoms with Gasteiger partial charge in [-0.25, -0.2) is 4.98 Å². The molecule has 1 unspecified atom stereocenters. The van der Waals surface area contributed by atoms with E-state index in [1.807, 2.05) is 25.2 Å². The topological polar surface area (TPSA) is 31.4 Å². The second kappa shape index (κ2) is 4.76. The van der Waals surface area contributed by atoms with Crippen LogP contribution in [0.1, 0.15) is 19.3 Å². The minimum absolute atomic E-state index is 0.595. The Morgan fingerprint density at radius 2 is 2.11 bits per heavy atom. The van der Waals surface area contributed by atoms with Gasteiger partial charge in [-0.15, -0.1) is 0 Å². The lowest BCUT2D eigenvalue weighted by molar-refractivity contribution is 0.326. The molecule has 1 saturated carbocycles. The smallest absolute Gasteiger partial charge is 0.128 e. The average molecular weight is 246 g/mol. The molecular weight excluding hydrogens is 224 g/mol. The van der Waals surface area contributed by atoms with Gasteiger partial charge in [-0.2, -0.15) is 0 Å². The van der Waals surface area contributed by atoms with Crippen molar-refractivity contribution in [3.8, 4) is 0 Å². The van der Waals surface area contributed by atoms with Gasteiger partial charge in [0.15, 0.2) is 0 Å². The Morgan fingerprint density at radius 1 is 1.28 bits per heavy atom. The third-order valence-electron chi connectivity index (χ3n) is 3.86. The number of hydrogen-bond donors (Lipinski definition) is 1. The molecule has 2 fully saturated rings. The van der Waals surface area contributed by atoms with E-state index in [9.17, 15) is 0 Å². The Kier molecular flexibility index (Phi) is 3.12. The van der Waals surface area contributed by atoms with Gasteiger partial charge >= 0.3 is 0 Å². The molecule has 1 aliphatic carbocycles. The SMILES string of the molecule is CN(C)c1ccc(NC2CCN(C3CC3)C2)cn1. The zero-order chi connectivity index (χ0) is 12.5. The van der Waals surface area contributed by atoms with E-state index in [0.717, 1.165) is 17.5 Å². The van der Waals surface area contributed by atoms with Crippen molar-refractivity contribution < 1.29 is 0 Å². The summed E-state index contributed by atoms with van der Waals surface area (Å²) in [6.07, 6.45) is 6.01. The van der Waals surface area contributed by atoms with E-state index in [-0.39, 0.29) is 0 Å². The number of nitrogens with one attached hydrogen (secondary N) is 1. The van der Waals surface area contributed by atoms with Crippen molar-refractivity contribution in [2.24, 2.45) is 0 Å². The van der Waals surface area contributed by atoms with Crippen LogP contribution in [0.3, 0.4) is 0 Å². The molecule has 18 heavy (non-hydrogen) atoms. The highest BCUT2D eigenvalue weighted by Crippen LogP contribution is 2.30. The maximum atomic E-state index is 4.44. The minimum atomic E-state index is 0.595. The van der Waals surface area contributed by atoms with Crippen molar-refractivity contribution >= 4 is 11.5 Å². The molecule has 1 aliphatic heterocycles. The molecule has 98 valence electrons. The summed E-state index contributed by atoms with van der Waals surface area (Å²) >= 11 is 0. The van der Waals surface area contributed by atoms with Crippen molar-refractivity contribution in [1.29, 1.82) is 0 Å². The van der Waals surface area contributed by atoms with Crippen LogP contribution < -0.4 is 10.2 Å². The van der Waals surface area contributed by atoms with Gasteiger partial charge in [-0.1, -0.05) is 0 Å². The van der Waals surface area contributed by atoms with Gasteiger partial charge in [0.25, 0.3) is 0 Å². The average Bonchev–Trinajstić information content (AvgIpc) is 3.11. The monoisotopic (exact) mass is 246 g/mol. The zero-order valence-corrected chi connectivity index (χ0v) is 11.3. The van der Waals surface area contributed by atoms with Crippen LogP contribution in [0.25, 0.3) is 0 Å². The third kappa shape index (κ3) is 2.58. The molecule has 0 bridgehead atoms. The zero-order valence-electron chi connectivity index (χ0n) is 11.3. The van der Waals surface area contributed by atoms with Crippen LogP contribution in [0.2, 0.25) is 0 Å². The normalized spacial score (nSPS) is 24.2. The third-order valence-corrected chi connectivity index (χ3v) is 3.86. The summed E-state index contributed by atoms with van der Waals surface area (Å²) < 4.78 is 0. The molecule has 1 aromatic heterocycles. The summed E-state index contributed by atoms with van der Waals surface area (Å²) in [5.41, 5.74) is 1.14. The Labute approximate surface area is 109 Å². The van der Waals surface area contributed by atoms with Gasteiger partial charge in [0.2, 0.25) is 0 Å². The predicted molar refractivity (Wildman–Crippen MR) is 75.2 cm³/mol. The molecule has 0 radical (unpaired) electrons. The highest BCUT2D eigenvalue weighted by Gasteiger charge is 2.34. The lowest BCUT2D eigenvalue weighted by Crippen LogP contribution is -2.27. The van der Waals surface area contributed by atoms with Crippen LogP contribution in [0.15, 0.2) is 18.3 Å². The molecule has 1 atom stereocenters.